The molecule has 100 valence electrons. The fourth-order valence-electron chi connectivity index (χ4n) is 2.10. The summed E-state index contributed by atoms with van der Waals surface area (Å²) in [6.45, 7) is 5.17. The van der Waals surface area contributed by atoms with Gasteiger partial charge < -0.3 is 5.32 Å². The zero-order valence-corrected chi connectivity index (χ0v) is 12.2. The fourth-order valence-corrected chi connectivity index (χ4v) is 2.40. The average molecular weight is 274 g/mol. The van der Waals surface area contributed by atoms with Crippen molar-refractivity contribution in [3.63, 3.8) is 0 Å². The van der Waals surface area contributed by atoms with Gasteiger partial charge in [0.25, 0.3) is 0 Å². The maximum absolute atomic E-state index is 6.20. The van der Waals surface area contributed by atoms with Crippen LogP contribution in [0.3, 0.4) is 0 Å². The van der Waals surface area contributed by atoms with E-state index in [0.29, 0.717) is 0 Å². The van der Waals surface area contributed by atoms with Gasteiger partial charge in [-0.05, 0) is 36.1 Å². The monoisotopic (exact) mass is 273 g/mol. The number of rotatable bonds is 5. The average Bonchev–Trinajstić information content (AvgIpc) is 2.46. The predicted molar refractivity (Wildman–Crippen MR) is 82.5 cm³/mol. The topological polar surface area (TPSA) is 12.0 Å². The molecule has 2 rings (SSSR count). The van der Waals surface area contributed by atoms with Crippen molar-refractivity contribution in [2.45, 2.75) is 32.9 Å². The van der Waals surface area contributed by atoms with Crippen molar-refractivity contribution in [3.05, 3.63) is 70.2 Å². The van der Waals surface area contributed by atoms with Crippen LogP contribution in [0.15, 0.2) is 48.5 Å². The van der Waals surface area contributed by atoms with Crippen LogP contribution in [0, 0.1) is 0 Å². The van der Waals surface area contributed by atoms with Gasteiger partial charge in [0.2, 0.25) is 0 Å². The third-order valence-electron chi connectivity index (χ3n) is 3.42. The molecule has 2 aromatic rings. The second-order valence-corrected chi connectivity index (χ2v) is 5.20. The Morgan fingerprint density at radius 1 is 1.00 bits per heavy atom. The molecule has 0 unspecified atom stereocenters. The summed E-state index contributed by atoms with van der Waals surface area (Å²) >= 11 is 6.20. The van der Waals surface area contributed by atoms with Gasteiger partial charge in [0, 0.05) is 17.6 Å². The number of hydrogen-bond acceptors (Lipinski definition) is 1. The molecular weight excluding hydrogens is 254 g/mol. The van der Waals surface area contributed by atoms with Gasteiger partial charge in [-0.2, -0.15) is 0 Å². The molecule has 2 heteroatoms. The van der Waals surface area contributed by atoms with E-state index in [1.54, 1.807) is 0 Å². The van der Waals surface area contributed by atoms with Crippen LogP contribution in [-0.2, 0) is 13.0 Å². The number of halogens is 1. The second-order valence-electron chi connectivity index (χ2n) is 4.79. The summed E-state index contributed by atoms with van der Waals surface area (Å²) in [4.78, 5) is 0. The minimum Gasteiger partial charge on any atom is -0.306 e. The Balaban J connectivity index is 1.96. The summed E-state index contributed by atoms with van der Waals surface area (Å²) in [7, 11) is 0. The lowest BCUT2D eigenvalue weighted by atomic mass is 10.1. The Morgan fingerprint density at radius 2 is 1.63 bits per heavy atom. The maximum Gasteiger partial charge on any atom is 0.0453 e. The molecule has 0 aliphatic carbocycles. The largest absolute Gasteiger partial charge is 0.306 e. The van der Waals surface area contributed by atoms with Crippen molar-refractivity contribution < 1.29 is 0 Å². The summed E-state index contributed by atoms with van der Waals surface area (Å²) in [5.74, 6) is 0. The van der Waals surface area contributed by atoms with Crippen LogP contribution in [0.2, 0.25) is 5.02 Å². The van der Waals surface area contributed by atoms with Crippen LogP contribution in [0.5, 0.6) is 0 Å². The van der Waals surface area contributed by atoms with Crippen molar-refractivity contribution in [1.29, 1.82) is 0 Å². The third kappa shape index (κ3) is 3.82. The molecule has 0 saturated heterocycles. The fraction of sp³-hybridized carbons (Fsp3) is 0.294. The van der Waals surface area contributed by atoms with Gasteiger partial charge in [-0.15, -0.1) is 0 Å². The van der Waals surface area contributed by atoms with E-state index < -0.39 is 0 Å². The first-order valence-electron chi connectivity index (χ1n) is 6.76. The summed E-state index contributed by atoms with van der Waals surface area (Å²) in [6.07, 6.45) is 1.09. The van der Waals surface area contributed by atoms with E-state index in [9.17, 15) is 0 Å². The molecular formula is C17H20ClN. The van der Waals surface area contributed by atoms with Crippen LogP contribution in [0.25, 0.3) is 0 Å². The van der Waals surface area contributed by atoms with Gasteiger partial charge in [0.15, 0.2) is 0 Å². The number of benzene rings is 2. The highest BCUT2D eigenvalue weighted by Gasteiger charge is 2.08. The summed E-state index contributed by atoms with van der Waals surface area (Å²) < 4.78 is 0. The molecule has 1 atom stereocenters. The van der Waals surface area contributed by atoms with E-state index in [2.05, 4.69) is 49.5 Å². The van der Waals surface area contributed by atoms with E-state index in [0.717, 1.165) is 23.6 Å². The molecule has 0 aliphatic heterocycles. The first-order valence-corrected chi connectivity index (χ1v) is 7.14. The molecule has 0 spiro atoms. The van der Waals surface area contributed by atoms with Gasteiger partial charge in [0.05, 0.1) is 0 Å². The Labute approximate surface area is 120 Å². The number of hydrogen-bond donors (Lipinski definition) is 1. The lowest BCUT2D eigenvalue weighted by Crippen LogP contribution is -2.18. The Hall–Kier alpha value is -1.31. The molecule has 1 N–H and O–H groups in total. The third-order valence-corrected chi connectivity index (χ3v) is 3.76. The lowest BCUT2D eigenvalue weighted by Gasteiger charge is -2.15. The first kappa shape index (κ1) is 14.1. The molecule has 0 heterocycles. The molecule has 0 saturated carbocycles. The SMILES string of the molecule is CCc1ccc(CN[C@@H](C)c2ccccc2Cl)cc1. The van der Waals surface area contributed by atoms with Crippen LogP contribution in [0.1, 0.15) is 36.6 Å². The summed E-state index contributed by atoms with van der Waals surface area (Å²) in [5, 5.41) is 4.33. The van der Waals surface area contributed by atoms with Gasteiger partial charge in [-0.25, -0.2) is 0 Å². The highest BCUT2D eigenvalue weighted by Crippen LogP contribution is 2.22. The highest BCUT2D eigenvalue weighted by atomic mass is 35.5. The van der Waals surface area contributed by atoms with E-state index >= 15 is 0 Å². The van der Waals surface area contributed by atoms with Crippen molar-refractivity contribution in [3.8, 4) is 0 Å². The molecule has 2 aromatic carbocycles. The Morgan fingerprint density at radius 3 is 2.26 bits per heavy atom. The predicted octanol–water partition coefficient (Wildman–Crippen LogP) is 4.75. The lowest BCUT2D eigenvalue weighted by molar-refractivity contribution is 0.575. The van der Waals surface area contributed by atoms with Crippen molar-refractivity contribution in [1.82, 2.24) is 5.32 Å². The van der Waals surface area contributed by atoms with Gasteiger partial charge in [0.1, 0.15) is 0 Å². The Bertz CT molecular complexity index is 519. The summed E-state index contributed by atoms with van der Waals surface area (Å²) in [5.41, 5.74) is 3.83. The molecule has 0 fully saturated rings. The van der Waals surface area contributed by atoms with Crippen molar-refractivity contribution in [2.24, 2.45) is 0 Å². The van der Waals surface area contributed by atoms with E-state index in [1.807, 2.05) is 18.2 Å². The molecule has 0 aliphatic rings. The highest BCUT2D eigenvalue weighted by molar-refractivity contribution is 6.31. The van der Waals surface area contributed by atoms with E-state index in [1.165, 1.54) is 11.1 Å². The maximum atomic E-state index is 6.20. The normalized spacial score (nSPS) is 12.4. The van der Waals surface area contributed by atoms with Crippen LogP contribution in [0.4, 0.5) is 0 Å². The number of aryl methyl sites for hydroxylation is 1. The summed E-state index contributed by atoms with van der Waals surface area (Å²) in [6, 6.07) is 17.0. The number of nitrogens with one attached hydrogen (secondary N) is 1. The van der Waals surface area contributed by atoms with Crippen LogP contribution < -0.4 is 5.32 Å². The van der Waals surface area contributed by atoms with Crippen LogP contribution in [-0.4, -0.2) is 0 Å². The molecule has 0 radical (unpaired) electrons. The van der Waals surface area contributed by atoms with Gasteiger partial charge in [-0.1, -0.05) is 61.0 Å². The zero-order chi connectivity index (χ0) is 13.7. The van der Waals surface area contributed by atoms with E-state index in [-0.39, 0.29) is 6.04 Å². The zero-order valence-electron chi connectivity index (χ0n) is 11.5. The minimum atomic E-state index is 0.250. The smallest absolute Gasteiger partial charge is 0.0453 e. The van der Waals surface area contributed by atoms with Gasteiger partial charge >= 0.3 is 0 Å². The van der Waals surface area contributed by atoms with Crippen molar-refractivity contribution in [2.75, 3.05) is 0 Å². The van der Waals surface area contributed by atoms with Crippen LogP contribution >= 0.6 is 11.6 Å². The van der Waals surface area contributed by atoms with E-state index in [4.69, 9.17) is 11.6 Å². The minimum absolute atomic E-state index is 0.250. The molecule has 19 heavy (non-hydrogen) atoms. The Kier molecular flexibility index (Phi) is 5.00. The molecule has 0 amide bonds. The van der Waals surface area contributed by atoms with Gasteiger partial charge in [-0.3, -0.25) is 0 Å². The molecule has 0 bridgehead atoms. The molecule has 0 aromatic heterocycles. The standard InChI is InChI=1S/C17H20ClN/c1-3-14-8-10-15(11-9-14)12-19-13(2)16-6-4-5-7-17(16)18/h4-11,13,19H,3,12H2,1-2H3/t13-/m0/s1. The second kappa shape index (κ2) is 6.74. The quantitative estimate of drug-likeness (QED) is 0.829. The molecule has 1 nitrogen and oxygen atoms in total. The first-order chi connectivity index (χ1) is 9.20. The van der Waals surface area contributed by atoms with Crippen molar-refractivity contribution >= 4 is 11.6 Å².